The normalized spacial score (nSPS) is 10.8. The minimum atomic E-state index is -0.931. The number of benzene rings is 3. The van der Waals surface area contributed by atoms with Gasteiger partial charge >= 0.3 is 6.01 Å². The summed E-state index contributed by atoms with van der Waals surface area (Å²) in [5, 5.41) is 0. The van der Waals surface area contributed by atoms with E-state index in [0.29, 0.717) is 38.0 Å². The summed E-state index contributed by atoms with van der Waals surface area (Å²) in [6.07, 6.45) is 6.02. The molecule has 190 valence electrons. The molecular formula is C30H27F3N2O2. The van der Waals surface area contributed by atoms with E-state index in [1.54, 1.807) is 24.3 Å². The fourth-order valence-electron chi connectivity index (χ4n) is 3.86. The summed E-state index contributed by atoms with van der Waals surface area (Å²) in [5.74, 6) is -2.03. The van der Waals surface area contributed by atoms with Crippen molar-refractivity contribution in [3.8, 4) is 34.0 Å². The van der Waals surface area contributed by atoms with Crippen LogP contribution in [0.25, 0.3) is 22.3 Å². The van der Waals surface area contributed by atoms with Gasteiger partial charge in [0.1, 0.15) is 0 Å². The van der Waals surface area contributed by atoms with E-state index in [9.17, 15) is 13.2 Å². The van der Waals surface area contributed by atoms with Crippen molar-refractivity contribution in [1.29, 1.82) is 0 Å². The van der Waals surface area contributed by atoms with Crippen molar-refractivity contribution in [2.75, 3.05) is 13.2 Å². The molecule has 0 fully saturated rings. The Morgan fingerprint density at radius 1 is 0.811 bits per heavy atom. The third-order valence-corrected chi connectivity index (χ3v) is 5.86. The molecule has 0 saturated heterocycles. The Labute approximate surface area is 214 Å². The van der Waals surface area contributed by atoms with E-state index < -0.39 is 17.5 Å². The van der Waals surface area contributed by atoms with Gasteiger partial charge in [-0.2, -0.15) is 0 Å². The lowest BCUT2D eigenvalue weighted by molar-refractivity contribution is 0.308. The number of aromatic nitrogens is 2. The van der Waals surface area contributed by atoms with Crippen LogP contribution in [0.1, 0.15) is 24.5 Å². The minimum absolute atomic E-state index is 0.0954. The van der Waals surface area contributed by atoms with Crippen molar-refractivity contribution in [3.05, 3.63) is 108 Å². The van der Waals surface area contributed by atoms with Gasteiger partial charge in [0.25, 0.3) is 0 Å². The molecule has 0 bridgehead atoms. The molecule has 37 heavy (non-hydrogen) atoms. The first-order chi connectivity index (χ1) is 18.0. The van der Waals surface area contributed by atoms with Gasteiger partial charge in [0, 0.05) is 23.5 Å². The van der Waals surface area contributed by atoms with Crippen LogP contribution in [0, 0.1) is 17.5 Å². The molecule has 0 atom stereocenters. The first kappa shape index (κ1) is 25.9. The van der Waals surface area contributed by atoms with E-state index in [2.05, 4.69) is 16.5 Å². The zero-order chi connectivity index (χ0) is 26.2. The van der Waals surface area contributed by atoms with Crippen LogP contribution in [0.4, 0.5) is 13.2 Å². The molecule has 0 N–H and O–H groups in total. The van der Waals surface area contributed by atoms with Crippen LogP contribution >= 0.6 is 0 Å². The van der Waals surface area contributed by atoms with E-state index >= 15 is 0 Å². The molecule has 1 aromatic heterocycles. The van der Waals surface area contributed by atoms with Gasteiger partial charge < -0.3 is 9.47 Å². The van der Waals surface area contributed by atoms with E-state index in [1.807, 2.05) is 31.2 Å². The van der Waals surface area contributed by atoms with E-state index in [-0.39, 0.29) is 22.9 Å². The second kappa shape index (κ2) is 12.2. The van der Waals surface area contributed by atoms with Crippen LogP contribution in [-0.2, 0) is 12.8 Å². The van der Waals surface area contributed by atoms with Crippen LogP contribution in [-0.4, -0.2) is 23.2 Å². The van der Waals surface area contributed by atoms with E-state index in [0.717, 1.165) is 16.7 Å². The molecule has 4 aromatic rings. The fourth-order valence-corrected chi connectivity index (χ4v) is 3.86. The predicted molar refractivity (Wildman–Crippen MR) is 138 cm³/mol. The lowest BCUT2D eigenvalue weighted by Crippen LogP contribution is -2.01. The zero-order valence-electron chi connectivity index (χ0n) is 20.5. The van der Waals surface area contributed by atoms with Crippen LogP contribution in [0.15, 0.2) is 79.6 Å². The molecule has 4 nitrogen and oxygen atoms in total. The number of rotatable bonds is 11. The van der Waals surface area contributed by atoms with Gasteiger partial charge in [-0.1, -0.05) is 48.5 Å². The van der Waals surface area contributed by atoms with Crippen molar-refractivity contribution in [2.24, 2.45) is 0 Å². The van der Waals surface area contributed by atoms with Crippen molar-refractivity contribution in [1.82, 2.24) is 9.97 Å². The lowest BCUT2D eigenvalue weighted by atomic mass is 9.98. The summed E-state index contributed by atoms with van der Waals surface area (Å²) in [5.41, 5.74) is 3.28. The quantitative estimate of drug-likeness (QED) is 0.158. The summed E-state index contributed by atoms with van der Waals surface area (Å²) in [6, 6.07) is 15.7. The highest BCUT2D eigenvalue weighted by atomic mass is 19.2. The average molecular weight is 505 g/mol. The number of halogens is 3. The highest BCUT2D eigenvalue weighted by Crippen LogP contribution is 2.28. The molecule has 0 aliphatic rings. The van der Waals surface area contributed by atoms with Crippen LogP contribution < -0.4 is 9.47 Å². The monoisotopic (exact) mass is 504 g/mol. The van der Waals surface area contributed by atoms with Crippen LogP contribution in [0.3, 0.4) is 0 Å². The van der Waals surface area contributed by atoms with Gasteiger partial charge in [0.05, 0.1) is 13.2 Å². The Hall–Kier alpha value is -4.13. The molecule has 0 radical (unpaired) electrons. The fraction of sp³-hybridized carbons (Fsp3) is 0.200. The van der Waals surface area contributed by atoms with Gasteiger partial charge in [-0.3, -0.25) is 0 Å². The first-order valence-corrected chi connectivity index (χ1v) is 12.0. The van der Waals surface area contributed by atoms with Crippen LogP contribution in [0.5, 0.6) is 11.8 Å². The molecule has 0 saturated carbocycles. The Bertz CT molecular complexity index is 1360. The molecule has 4 rings (SSSR count). The maximum Gasteiger partial charge on any atom is 0.316 e. The van der Waals surface area contributed by atoms with Gasteiger partial charge in [0.2, 0.25) is 0 Å². The Morgan fingerprint density at radius 3 is 2.22 bits per heavy atom. The van der Waals surface area contributed by atoms with Gasteiger partial charge in [0.15, 0.2) is 23.2 Å². The van der Waals surface area contributed by atoms with Crippen molar-refractivity contribution in [3.63, 3.8) is 0 Å². The van der Waals surface area contributed by atoms with E-state index in [4.69, 9.17) is 9.47 Å². The average Bonchev–Trinajstić information content (AvgIpc) is 2.92. The first-order valence-electron chi connectivity index (χ1n) is 12.0. The summed E-state index contributed by atoms with van der Waals surface area (Å²) in [6.45, 7) is 6.21. The molecular weight excluding hydrogens is 477 g/mol. The second-order valence-electron chi connectivity index (χ2n) is 8.36. The maximum atomic E-state index is 14.8. The number of hydrogen-bond acceptors (Lipinski definition) is 4. The Kier molecular flexibility index (Phi) is 8.56. The van der Waals surface area contributed by atoms with Crippen molar-refractivity contribution in [2.45, 2.75) is 26.2 Å². The summed E-state index contributed by atoms with van der Waals surface area (Å²) in [7, 11) is 0. The number of ether oxygens (including phenoxy) is 2. The SMILES string of the molecule is C=CCCOc1ccc(-c2ccc(CCc3ccc(-c4cnc(OCC)nc4)c(F)c3F)cc2)cc1F. The molecule has 0 unspecified atom stereocenters. The molecule has 0 aliphatic carbocycles. The number of aryl methyl sites for hydroxylation is 2. The third-order valence-electron chi connectivity index (χ3n) is 5.86. The van der Waals surface area contributed by atoms with Crippen molar-refractivity contribution < 1.29 is 22.6 Å². The molecule has 3 aromatic carbocycles. The van der Waals surface area contributed by atoms with Crippen molar-refractivity contribution >= 4 is 0 Å². The summed E-state index contributed by atoms with van der Waals surface area (Å²) < 4.78 is 54.6. The maximum absolute atomic E-state index is 14.8. The van der Waals surface area contributed by atoms with Crippen LogP contribution in [0.2, 0.25) is 0 Å². The van der Waals surface area contributed by atoms with E-state index in [1.165, 1.54) is 24.5 Å². The molecule has 0 aliphatic heterocycles. The number of hydrogen-bond donors (Lipinski definition) is 0. The molecule has 0 amide bonds. The summed E-state index contributed by atoms with van der Waals surface area (Å²) in [4.78, 5) is 8.03. The number of nitrogens with zero attached hydrogens (tertiary/aromatic N) is 2. The second-order valence-corrected chi connectivity index (χ2v) is 8.36. The van der Waals surface area contributed by atoms with Gasteiger partial charge in [-0.05, 0) is 60.6 Å². The molecule has 0 spiro atoms. The van der Waals surface area contributed by atoms with Gasteiger partial charge in [-0.15, -0.1) is 6.58 Å². The molecule has 7 heteroatoms. The third kappa shape index (κ3) is 6.36. The largest absolute Gasteiger partial charge is 0.490 e. The smallest absolute Gasteiger partial charge is 0.316 e. The lowest BCUT2D eigenvalue weighted by Gasteiger charge is -2.10. The highest BCUT2D eigenvalue weighted by Gasteiger charge is 2.16. The van der Waals surface area contributed by atoms with Gasteiger partial charge in [-0.25, -0.2) is 23.1 Å². The Balaban J connectivity index is 1.41. The topological polar surface area (TPSA) is 44.2 Å². The summed E-state index contributed by atoms with van der Waals surface area (Å²) >= 11 is 0. The highest BCUT2D eigenvalue weighted by molar-refractivity contribution is 5.65. The Morgan fingerprint density at radius 2 is 1.54 bits per heavy atom. The molecule has 1 heterocycles. The predicted octanol–water partition coefficient (Wildman–Crippen LogP) is 7.37. The minimum Gasteiger partial charge on any atom is -0.490 e. The standard InChI is InChI=1S/C30H27F3N2O2/c1-3-5-16-37-27-15-13-23(17-26(27)31)21-9-6-20(7-10-21)8-11-22-12-14-25(29(33)28(22)32)24-18-34-30(35-19-24)36-4-2/h3,6-7,9-10,12-15,17-19H,1,4-5,8,11,16H2,2H3. The zero-order valence-corrected chi connectivity index (χ0v) is 20.5.